The molecule has 9 heteroatoms. The van der Waals surface area contributed by atoms with Gasteiger partial charge in [-0.3, -0.25) is 4.68 Å². The van der Waals surface area contributed by atoms with Crippen LogP contribution in [-0.2, 0) is 17.5 Å². The quantitative estimate of drug-likeness (QED) is 0.866. The molecular formula is C13H15F3N4OS. The number of halogens is 3. The van der Waals surface area contributed by atoms with Gasteiger partial charge in [-0.25, -0.2) is 4.98 Å². The van der Waals surface area contributed by atoms with Crippen molar-refractivity contribution in [2.75, 3.05) is 24.6 Å². The SMILES string of the molecule is Cc1cnn(CC2CN(c3ncc(C(F)(F)F)s3)CCO2)c1. The van der Waals surface area contributed by atoms with Gasteiger partial charge in [-0.2, -0.15) is 18.3 Å². The molecule has 0 spiro atoms. The molecule has 1 unspecified atom stereocenters. The number of morpholine rings is 1. The van der Waals surface area contributed by atoms with E-state index in [1.165, 1.54) is 0 Å². The van der Waals surface area contributed by atoms with Crippen LogP contribution in [0.2, 0.25) is 0 Å². The molecule has 3 rings (SSSR count). The maximum absolute atomic E-state index is 12.7. The molecule has 0 amide bonds. The van der Waals surface area contributed by atoms with E-state index in [4.69, 9.17) is 4.74 Å². The summed E-state index contributed by atoms with van der Waals surface area (Å²) in [6.45, 7) is 4.03. The molecule has 1 atom stereocenters. The van der Waals surface area contributed by atoms with Gasteiger partial charge in [-0.15, -0.1) is 0 Å². The molecule has 0 aliphatic carbocycles. The first kappa shape index (κ1) is 15.3. The predicted octanol–water partition coefficient (Wildman–Crippen LogP) is 2.57. The van der Waals surface area contributed by atoms with Crippen LogP contribution in [0.3, 0.4) is 0 Å². The number of nitrogens with zero attached hydrogens (tertiary/aromatic N) is 4. The first-order chi connectivity index (χ1) is 10.4. The van der Waals surface area contributed by atoms with Gasteiger partial charge in [0.25, 0.3) is 0 Å². The molecule has 1 saturated heterocycles. The smallest absolute Gasteiger partial charge is 0.373 e. The fraction of sp³-hybridized carbons (Fsp3) is 0.538. The second-order valence-corrected chi connectivity index (χ2v) is 6.19. The molecule has 2 aromatic heterocycles. The van der Waals surface area contributed by atoms with Crippen LogP contribution in [0.5, 0.6) is 0 Å². The second-order valence-electron chi connectivity index (χ2n) is 5.18. The highest BCUT2D eigenvalue weighted by Gasteiger charge is 2.34. The monoisotopic (exact) mass is 332 g/mol. The van der Waals surface area contributed by atoms with E-state index in [9.17, 15) is 13.2 Å². The lowest BCUT2D eigenvalue weighted by molar-refractivity contribution is -0.134. The van der Waals surface area contributed by atoms with Crippen LogP contribution < -0.4 is 4.90 Å². The second kappa shape index (κ2) is 5.88. The summed E-state index contributed by atoms with van der Waals surface area (Å²) in [6, 6.07) is 0. The first-order valence-electron chi connectivity index (χ1n) is 6.80. The average molecular weight is 332 g/mol. The summed E-state index contributed by atoms with van der Waals surface area (Å²) in [5.74, 6) is 0. The van der Waals surface area contributed by atoms with Crippen molar-refractivity contribution in [1.29, 1.82) is 0 Å². The molecule has 1 fully saturated rings. The molecule has 0 saturated carbocycles. The molecule has 0 aromatic carbocycles. The van der Waals surface area contributed by atoms with Crippen LogP contribution in [0, 0.1) is 6.92 Å². The van der Waals surface area contributed by atoms with Crippen molar-refractivity contribution in [2.24, 2.45) is 0 Å². The van der Waals surface area contributed by atoms with E-state index in [1.54, 1.807) is 10.9 Å². The summed E-state index contributed by atoms with van der Waals surface area (Å²) in [5.41, 5.74) is 1.06. The Balaban J connectivity index is 1.66. The maximum atomic E-state index is 12.7. The van der Waals surface area contributed by atoms with Crippen molar-refractivity contribution in [3.05, 3.63) is 29.0 Å². The Bertz CT molecular complexity index is 639. The molecule has 1 aliphatic heterocycles. The van der Waals surface area contributed by atoms with Gasteiger partial charge in [0.05, 0.1) is 31.6 Å². The minimum Gasteiger partial charge on any atom is -0.373 e. The molecule has 22 heavy (non-hydrogen) atoms. The van der Waals surface area contributed by atoms with Crippen molar-refractivity contribution in [2.45, 2.75) is 25.7 Å². The van der Waals surface area contributed by atoms with Gasteiger partial charge in [0, 0.05) is 19.3 Å². The van der Waals surface area contributed by atoms with Gasteiger partial charge in [0.1, 0.15) is 4.88 Å². The topological polar surface area (TPSA) is 43.2 Å². The third kappa shape index (κ3) is 3.41. The first-order valence-corrected chi connectivity index (χ1v) is 7.62. The van der Waals surface area contributed by atoms with Crippen LogP contribution in [0.4, 0.5) is 18.3 Å². The average Bonchev–Trinajstić information content (AvgIpc) is 3.08. The minimum absolute atomic E-state index is 0.119. The number of aromatic nitrogens is 3. The minimum atomic E-state index is -4.34. The molecule has 0 radical (unpaired) electrons. The Morgan fingerprint density at radius 3 is 2.86 bits per heavy atom. The summed E-state index contributed by atoms with van der Waals surface area (Å²) in [6.07, 6.45) is 0.103. The Labute approximate surface area is 129 Å². The Hall–Kier alpha value is -1.61. The highest BCUT2D eigenvalue weighted by Crippen LogP contribution is 2.36. The van der Waals surface area contributed by atoms with E-state index in [-0.39, 0.29) is 6.10 Å². The van der Waals surface area contributed by atoms with Crippen LogP contribution >= 0.6 is 11.3 Å². The molecule has 0 N–H and O–H groups in total. The molecule has 1 aliphatic rings. The summed E-state index contributed by atoms with van der Waals surface area (Å²) in [7, 11) is 0. The molecule has 2 aromatic rings. The Kier molecular flexibility index (Phi) is 4.09. The van der Waals surface area contributed by atoms with Gasteiger partial charge in [0.15, 0.2) is 5.13 Å². The Morgan fingerprint density at radius 1 is 1.41 bits per heavy atom. The fourth-order valence-electron chi connectivity index (χ4n) is 2.32. The van der Waals surface area contributed by atoms with Crippen molar-refractivity contribution < 1.29 is 17.9 Å². The van der Waals surface area contributed by atoms with Gasteiger partial charge in [0.2, 0.25) is 0 Å². The summed E-state index contributed by atoms with van der Waals surface area (Å²) >= 11 is 0.671. The molecular weight excluding hydrogens is 317 g/mol. The zero-order valence-electron chi connectivity index (χ0n) is 11.9. The largest absolute Gasteiger partial charge is 0.427 e. The zero-order valence-corrected chi connectivity index (χ0v) is 12.7. The molecule has 120 valence electrons. The van der Waals surface area contributed by atoms with Crippen molar-refractivity contribution in [3.63, 3.8) is 0 Å². The van der Waals surface area contributed by atoms with Crippen LogP contribution in [0.1, 0.15) is 10.4 Å². The number of anilines is 1. The lowest BCUT2D eigenvalue weighted by atomic mass is 10.3. The van der Waals surface area contributed by atoms with Crippen LogP contribution in [-0.4, -0.2) is 40.6 Å². The van der Waals surface area contributed by atoms with E-state index in [0.717, 1.165) is 11.8 Å². The van der Waals surface area contributed by atoms with Crippen molar-refractivity contribution in [3.8, 4) is 0 Å². The van der Waals surface area contributed by atoms with Gasteiger partial charge >= 0.3 is 6.18 Å². The Morgan fingerprint density at radius 2 is 2.23 bits per heavy atom. The van der Waals surface area contributed by atoms with Crippen molar-refractivity contribution >= 4 is 16.5 Å². The van der Waals surface area contributed by atoms with E-state index in [1.807, 2.05) is 18.0 Å². The number of hydrogen-bond donors (Lipinski definition) is 0. The van der Waals surface area contributed by atoms with Crippen molar-refractivity contribution in [1.82, 2.24) is 14.8 Å². The van der Waals surface area contributed by atoms with Crippen LogP contribution in [0.25, 0.3) is 0 Å². The van der Waals surface area contributed by atoms with E-state index < -0.39 is 11.1 Å². The van der Waals surface area contributed by atoms with Gasteiger partial charge in [-0.05, 0) is 12.5 Å². The predicted molar refractivity (Wildman–Crippen MR) is 76.0 cm³/mol. The normalized spacial score (nSPS) is 19.6. The summed E-state index contributed by atoms with van der Waals surface area (Å²) in [5, 5.41) is 4.59. The number of hydrogen-bond acceptors (Lipinski definition) is 5. The lowest BCUT2D eigenvalue weighted by Gasteiger charge is -2.32. The number of thiazole rings is 1. The molecule has 0 bridgehead atoms. The number of aryl methyl sites for hydroxylation is 1. The van der Waals surface area contributed by atoms with Gasteiger partial charge < -0.3 is 9.64 Å². The maximum Gasteiger partial charge on any atom is 0.427 e. The standard InChI is InChI=1S/C13H15F3N4OS/c1-9-4-18-20(6-9)8-10-7-19(2-3-21-10)12-17-5-11(22-12)13(14,15)16/h4-6,10H,2-3,7-8H2,1H3. The third-order valence-corrected chi connectivity index (χ3v) is 4.44. The number of ether oxygens (including phenoxy) is 1. The molecule has 3 heterocycles. The highest BCUT2D eigenvalue weighted by atomic mass is 32.1. The van der Waals surface area contributed by atoms with Crippen LogP contribution in [0.15, 0.2) is 18.6 Å². The highest BCUT2D eigenvalue weighted by molar-refractivity contribution is 7.15. The fourth-order valence-corrected chi connectivity index (χ4v) is 3.14. The number of rotatable bonds is 3. The van der Waals surface area contributed by atoms with E-state index >= 15 is 0 Å². The summed E-state index contributed by atoms with van der Waals surface area (Å²) < 4.78 is 45.4. The zero-order chi connectivity index (χ0) is 15.7. The molecule has 5 nitrogen and oxygen atoms in total. The van der Waals surface area contributed by atoms with E-state index in [2.05, 4.69) is 10.1 Å². The van der Waals surface area contributed by atoms with E-state index in [0.29, 0.717) is 42.7 Å². The third-order valence-electron chi connectivity index (χ3n) is 3.34. The van der Waals surface area contributed by atoms with Gasteiger partial charge in [-0.1, -0.05) is 11.3 Å². The lowest BCUT2D eigenvalue weighted by Crippen LogP contribution is -2.44. The number of alkyl halides is 3. The summed E-state index contributed by atoms with van der Waals surface area (Å²) in [4.78, 5) is 5.06.